The van der Waals surface area contributed by atoms with Gasteiger partial charge in [0.25, 0.3) is 5.91 Å². The number of rotatable bonds is 7. The monoisotopic (exact) mass is 382 g/mol. The third-order valence-corrected chi connectivity index (χ3v) is 4.88. The summed E-state index contributed by atoms with van der Waals surface area (Å²) >= 11 is 1.37. The number of carbonyl (C=O) groups excluding carboxylic acids is 1. The summed E-state index contributed by atoms with van der Waals surface area (Å²) in [5.74, 6) is 1.26. The summed E-state index contributed by atoms with van der Waals surface area (Å²) in [5, 5.41) is 5.23. The number of nitrogens with zero attached hydrogens (tertiary/aromatic N) is 1. The van der Waals surface area contributed by atoms with Crippen molar-refractivity contribution in [1.82, 2.24) is 4.98 Å². The molecular weight excluding hydrogens is 360 g/mol. The SMILES string of the molecule is CCOc1ccccc1-c1csc(NC(=O)COc2cccc(C)c2C)n1. The molecule has 2 aromatic carbocycles. The molecule has 1 aromatic heterocycles. The number of carbonyl (C=O) groups is 1. The Labute approximate surface area is 163 Å². The summed E-state index contributed by atoms with van der Waals surface area (Å²) in [6.07, 6.45) is 0. The van der Waals surface area contributed by atoms with Gasteiger partial charge >= 0.3 is 0 Å². The van der Waals surface area contributed by atoms with E-state index in [9.17, 15) is 4.79 Å². The van der Waals surface area contributed by atoms with Gasteiger partial charge in [0.15, 0.2) is 11.7 Å². The number of aromatic nitrogens is 1. The molecule has 0 saturated carbocycles. The van der Waals surface area contributed by atoms with E-state index in [1.54, 1.807) is 0 Å². The zero-order valence-corrected chi connectivity index (χ0v) is 16.4. The molecule has 1 N–H and O–H groups in total. The van der Waals surface area contributed by atoms with Crippen LogP contribution in [0.1, 0.15) is 18.1 Å². The summed E-state index contributed by atoms with van der Waals surface area (Å²) in [6.45, 7) is 6.46. The van der Waals surface area contributed by atoms with E-state index in [2.05, 4.69) is 10.3 Å². The van der Waals surface area contributed by atoms with Gasteiger partial charge in [0.2, 0.25) is 0 Å². The number of aryl methyl sites for hydroxylation is 1. The highest BCUT2D eigenvalue weighted by Crippen LogP contribution is 2.32. The van der Waals surface area contributed by atoms with Crippen LogP contribution in [0, 0.1) is 13.8 Å². The highest BCUT2D eigenvalue weighted by molar-refractivity contribution is 7.14. The van der Waals surface area contributed by atoms with E-state index < -0.39 is 0 Å². The second-order valence-electron chi connectivity index (χ2n) is 6.00. The average molecular weight is 382 g/mol. The van der Waals surface area contributed by atoms with Gasteiger partial charge < -0.3 is 9.47 Å². The molecular formula is C21H22N2O3S. The molecule has 27 heavy (non-hydrogen) atoms. The van der Waals surface area contributed by atoms with Crippen LogP contribution in [-0.2, 0) is 4.79 Å². The molecule has 0 spiro atoms. The van der Waals surface area contributed by atoms with Gasteiger partial charge in [-0.3, -0.25) is 10.1 Å². The van der Waals surface area contributed by atoms with Crippen LogP contribution in [0.3, 0.4) is 0 Å². The third kappa shape index (κ3) is 4.65. The molecule has 0 aliphatic carbocycles. The average Bonchev–Trinajstić information content (AvgIpc) is 3.12. The molecule has 0 aliphatic heterocycles. The Morgan fingerprint density at radius 2 is 1.85 bits per heavy atom. The van der Waals surface area contributed by atoms with Crippen LogP contribution in [0.15, 0.2) is 47.8 Å². The summed E-state index contributed by atoms with van der Waals surface area (Å²) in [6, 6.07) is 13.5. The fourth-order valence-electron chi connectivity index (χ4n) is 2.59. The molecule has 6 heteroatoms. The Morgan fingerprint density at radius 1 is 1.07 bits per heavy atom. The Kier molecular flexibility index (Phi) is 6.08. The zero-order chi connectivity index (χ0) is 19.2. The molecule has 3 rings (SSSR count). The topological polar surface area (TPSA) is 60.5 Å². The molecule has 0 radical (unpaired) electrons. The number of ether oxygens (including phenoxy) is 2. The van der Waals surface area contributed by atoms with Crippen molar-refractivity contribution >= 4 is 22.4 Å². The summed E-state index contributed by atoms with van der Waals surface area (Å²) in [5.41, 5.74) is 3.84. The lowest BCUT2D eigenvalue weighted by Gasteiger charge is -2.10. The second-order valence-corrected chi connectivity index (χ2v) is 6.86. The number of amides is 1. The van der Waals surface area contributed by atoms with E-state index >= 15 is 0 Å². The van der Waals surface area contributed by atoms with Crippen molar-refractivity contribution < 1.29 is 14.3 Å². The number of hydrogen-bond acceptors (Lipinski definition) is 5. The molecule has 0 unspecified atom stereocenters. The van der Waals surface area contributed by atoms with Crippen LogP contribution in [0.4, 0.5) is 5.13 Å². The van der Waals surface area contributed by atoms with Gasteiger partial charge in [-0.15, -0.1) is 11.3 Å². The van der Waals surface area contributed by atoms with Gasteiger partial charge in [0.1, 0.15) is 11.5 Å². The maximum absolute atomic E-state index is 12.2. The van der Waals surface area contributed by atoms with Crippen LogP contribution in [0.5, 0.6) is 11.5 Å². The van der Waals surface area contributed by atoms with Gasteiger partial charge in [-0.2, -0.15) is 0 Å². The minimum absolute atomic E-state index is 0.0608. The first kappa shape index (κ1) is 18.9. The molecule has 1 heterocycles. The molecule has 0 fully saturated rings. The van der Waals surface area contributed by atoms with Crippen LogP contribution in [-0.4, -0.2) is 24.1 Å². The quantitative estimate of drug-likeness (QED) is 0.635. The predicted octanol–water partition coefficient (Wildman–Crippen LogP) is 4.84. The fourth-order valence-corrected chi connectivity index (χ4v) is 3.32. The van der Waals surface area contributed by atoms with E-state index in [4.69, 9.17) is 9.47 Å². The Morgan fingerprint density at radius 3 is 2.67 bits per heavy atom. The van der Waals surface area contributed by atoms with Gasteiger partial charge in [-0.1, -0.05) is 24.3 Å². The second kappa shape index (κ2) is 8.68. The number of para-hydroxylation sites is 1. The Balaban J connectivity index is 1.64. The van der Waals surface area contributed by atoms with E-state index in [0.717, 1.165) is 33.9 Å². The van der Waals surface area contributed by atoms with Crippen LogP contribution >= 0.6 is 11.3 Å². The molecule has 5 nitrogen and oxygen atoms in total. The van der Waals surface area contributed by atoms with Crippen molar-refractivity contribution in [3.8, 4) is 22.8 Å². The van der Waals surface area contributed by atoms with Crippen molar-refractivity contribution in [1.29, 1.82) is 0 Å². The lowest BCUT2D eigenvalue weighted by Crippen LogP contribution is -2.20. The first-order valence-corrected chi connectivity index (χ1v) is 9.63. The Hall–Kier alpha value is -2.86. The van der Waals surface area contributed by atoms with Crippen molar-refractivity contribution in [2.75, 3.05) is 18.5 Å². The van der Waals surface area contributed by atoms with Crippen LogP contribution in [0.2, 0.25) is 0 Å². The predicted molar refractivity (Wildman–Crippen MR) is 109 cm³/mol. The fraction of sp³-hybridized carbons (Fsp3) is 0.238. The van der Waals surface area contributed by atoms with Gasteiger partial charge in [0.05, 0.1) is 12.3 Å². The maximum Gasteiger partial charge on any atom is 0.264 e. The molecule has 0 saturated heterocycles. The first-order valence-electron chi connectivity index (χ1n) is 8.75. The van der Waals surface area contributed by atoms with Crippen LogP contribution < -0.4 is 14.8 Å². The standard InChI is InChI=1S/C21H22N2O3S/c1-4-25-19-10-6-5-9-16(19)17-13-27-21(22-17)23-20(24)12-26-18-11-7-8-14(2)15(18)3/h5-11,13H,4,12H2,1-3H3,(H,22,23,24). The molecule has 3 aromatic rings. The number of thiazole rings is 1. The molecule has 0 atom stereocenters. The number of benzene rings is 2. The van der Waals surface area contributed by atoms with E-state index in [1.807, 2.05) is 68.6 Å². The summed E-state index contributed by atoms with van der Waals surface area (Å²) in [7, 11) is 0. The maximum atomic E-state index is 12.2. The normalized spacial score (nSPS) is 10.5. The first-order chi connectivity index (χ1) is 13.1. The molecule has 0 aliphatic rings. The van der Waals surface area contributed by atoms with Crippen molar-refractivity contribution in [2.45, 2.75) is 20.8 Å². The lowest BCUT2D eigenvalue weighted by atomic mass is 10.1. The van der Waals surface area contributed by atoms with E-state index in [-0.39, 0.29) is 12.5 Å². The number of nitrogens with one attached hydrogen (secondary N) is 1. The Bertz CT molecular complexity index is 937. The van der Waals surface area contributed by atoms with E-state index in [1.165, 1.54) is 11.3 Å². The van der Waals surface area contributed by atoms with Crippen molar-refractivity contribution in [3.63, 3.8) is 0 Å². The minimum Gasteiger partial charge on any atom is -0.493 e. The molecule has 1 amide bonds. The van der Waals surface area contributed by atoms with Gasteiger partial charge in [-0.25, -0.2) is 4.98 Å². The summed E-state index contributed by atoms with van der Waals surface area (Å²) < 4.78 is 11.3. The number of anilines is 1. The lowest BCUT2D eigenvalue weighted by molar-refractivity contribution is -0.118. The minimum atomic E-state index is -0.241. The largest absolute Gasteiger partial charge is 0.493 e. The summed E-state index contributed by atoms with van der Waals surface area (Å²) in [4.78, 5) is 16.7. The molecule has 140 valence electrons. The van der Waals surface area contributed by atoms with Gasteiger partial charge in [-0.05, 0) is 50.1 Å². The highest BCUT2D eigenvalue weighted by atomic mass is 32.1. The van der Waals surface area contributed by atoms with Crippen LogP contribution in [0.25, 0.3) is 11.3 Å². The van der Waals surface area contributed by atoms with E-state index in [0.29, 0.717) is 11.7 Å². The van der Waals surface area contributed by atoms with Gasteiger partial charge in [0, 0.05) is 10.9 Å². The smallest absolute Gasteiger partial charge is 0.264 e. The number of hydrogen-bond donors (Lipinski definition) is 1. The highest BCUT2D eigenvalue weighted by Gasteiger charge is 2.12. The molecule has 0 bridgehead atoms. The van der Waals surface area contributed by atoms with Crippen molar-refractivity contribution in [3.05, 3.63) is 59.0 Å². The third-order valence-electron chi connectivity index (χ3n) is 4.13. The van der Waals surface area contributed by atoms with Crippen molar-refractivity contribution in [2.24, 2.45) is 0 Å². The zero-order valence-electron chi connectivity index (χ0n) is 15.6.